The predicted molar refractivity (Wildman–Crippen MR) is 65.1 cm³/mol. The summed E-state index contributed by atoms with van der Waals surface area (Å²) in [6.45, 7) is 2.78. The Morgan fingerprint density at radius 3 is 2.89 bits per heavy atom. The average molecular weight is 254 g/mol. The minimum Gasteiger partial charge on any atom is -0.476 e. The Morgan fingerprint density at radius 2 is 2.33 bits per heavy atom. The molecule has 1 unspecified atom stereocenters. The third-order valence-corrected chi connectivity index (χ3v) is 2.37. The Kier molecular flexibility index (Phi) is 5.31. The molecule has 1 atom stereocenters. The largest absolute Gasteiger partial charge is 0.476 e. The number of nitrogens with one attached hydrogen (secondary N) is 1. The summed E-state index contributed by atoms with van der Waals surface area (Å²) in [5, 5.41) is 11.4. The van der Waals surface area contributed by atoms with Crippen molar-refractivity contribution in [2.45, 2.75) is 32.4 Å². The van der Waals surface area contributed by atoms with Crippen molar-refractivity contribution >= 4 is 11.9 Å². The van der Waals surface area contributed by atoms with Gasteiger partial charge in [0.05, 0.1) is 6.33 Å². The molecule has 1 aromatic heterocycles. The van der Waals surface area contributed by atoms with Crippen molar-refractivity contribution in [3.63, 3.8) is 0 Å². The molecule has 0 aromatic carbocycles. The molecule has 1 amide bonds. The number of aromatic carboxylic acids is 1. The Bertz CT molecular complexity index is 414. The fourth-order valence-corrected chi connectivity index (χ4v) is 1.36. The van der Waals surface area contributed by atoms with Crippen LogP contribution in [0.5, 0.6) is 0 Å². The Morgan fingerprint density at radius 1 is 1.61 bits per heavy atom. The van der Waals surface area contributed by atoms with Crippen molar-refractivity contribution in [2.24, 2.45) is 5.73 Å². The maximum absolute atomic E-state index is 11.4. The van der Waals surface area contributed by atoms with Crippen LogP contribution in [-0.4, -0.2) is 39.1 Å². The van der Waals surface area contributed by atoms with E-state index in [2.05, 4.69) is 10.3 Å². The highest BCUT2D eigenvalue weighted by atomic mass is 16.4. The number of hydrogen-bond acceptors (Lipinski definition) is 4. The lowest BCUT2D eigenvalue weighted by atomic mass is 10.2. The molecule has 18 heavy (non-hydrogen) atoms. The molecule has 0 fully saturated rings. The summed E-state index contributed by atoms with van der Waals surface area (Å²) in [4.78, 5) is 25.7. The summed E-state index contributed by atoms with van der Waals surface area (Å²) in [5.74, 6) is -1.11. The molecule has 4 N–H and O–H groups in total. The van der Waals surface area contributed by atoms with Gasteiger partial charge < -0.3 is 20.7 Å². The maximum atomic E-state index is 11.4. The first-order valence-corrected chi connectivity index (χ1v) is 5.76. The Hall–Kier alpha value is -1.89. The lowest BCUT2D eigenvalue weighted by Gasteiger charge is -2.07. The second-order valence-electron chi connectivity index (χ2n) is 4.17. The van der Waals surface area contributed by atoms with Crippen LogP contribution in [0.2, 0.25) is 0 Å². The fourth-order valence-electron chi connectivity index (χ4n) is 1.36. The maximum Gasteiger partial charge on any atom is 0.356 e. The van der Waals surface area contributed by atoms with Gasteiger partial charge >= 0.3 is 5.97 Å². The van der Waals surface area contributed by atoms with Crippen LogP contribution >= 0.6 is 0 Å². The molecule has 0 radical (unpaired) electrons. The zero-order valence-corrected chi connectivity index (χ0v) is 10.3. The molecule has 0 saturated heterocycles. The molecule has 0 aliphatic heterocycles. The van der Waals surface area contributed by atoms with E-state index < -0.39 is 5.97 Å². The van der Waals surface area contributed by atoms with Gasteiger partial charge in [-0.25, -0.2) is 9.78 Å². The summed E-state index contributed by atoms with van der Waals surface area (Å²) in [5.41, 5.74) is 5.54. The normalized spacial score (nSPS) is 12.1. The molecule has 0 aliphatic rings. The second kappa shape index (κ2) is 6.75. The predicted octanol–water partition coefficient (Wildman–Crippen LogP) is -0.175. The van der Waals surface area contributed by atoms with Crippen LogP contribution in [0.25, 0.3) is 0 Å². The van der Waals surface area contributed by atoms with Gasteiger partial charge in [-0.15, -0.1) is 0 Å². The van der Waals surface area contributed by atoms with Gasteiger partial charge in [-0.05, 0) is 13.3 Å². The highest BCUT2D eigenvalue weighted by molar-refractivity contribution is 5.84. The van der Waals surface area contributed by atoms with E-state index in [1.807, 2.05) is 6.92 Å². The van der Waals surface area contributed by atoms with Crippen LogP contribution in [0.15, 0.2) is 12.5 Å². The van der Waals surface area contributed by atoms with Gasteiger partial charge in [0.2, 0.25) is 5.91 Å². The van der Waals surface area contributed by atoms with Gasteiger partial charge in [0.25, 0.3) is 0 Å². The van der Waals surface area contributed by atoms with Gasteiger partial charge in [0.15, 0.2) is 5.69 Å². The summed E-state index contributed by atoms with van der Waals surface area (Å²) in [6, 6.07) is 0.0162. The SMILES string of the molecule is CC(N)CCC(=O)NCCn1cnc(C(=O)O)c1. The Labute approximate surface area is 105 Å². The van der Waals surface area contributed by atoms with Crippen LogP contribution in [0.4, 0.5) is 0 Å². The van der Waals surface area contributed by atoms with Crippen LogP contribution < -0.4 is 11.1 Å². The molecule has 7 heteroatoms. The van der Waals surface area contributed by atoms with Crippen molar-refractivity contribution in [1.29, 1.82) is 0 Å². The van der Waals surface area contributed by atoms with E-state index in [-0.39, 0.29) is 17.6 Å². The molecule has 0 aliphatic carbocycles. The van der Waals surface area contributed by atoms with Gasteiger partial charge in [-0.1, -0.05) is 0 Å². The molecule has 0 spiro atoms. The van der Waals surface area contributed by atoms with Gasteiger partial charge in [0, 0.05) is 31.7 Å². The highest BCUT2D eigenvalue weighted by Gasteiger charge is 2.06. The standard InChI is InChI=1S/C11H18N4O3/c1-8(12)2-3-10(16)13-4-5-15-6-9(11(17)18)14-7-15/h6-8H,2-5,12H2,1H3,(H,13,16)(H,17,18). The van der Waals surface area contributed by atoms with Crippen molar-refractivity contribution < 1.29 is 14.7 Å². The van der Waals surface area contributed by atoms with Gasteiger partial charge in [-0.2, -0.15) is 0 Å². The number of carbonyl (C=O) groups is 2. The number of rotatable bonds is 7. The molecule has 7 nitrogen and oxygen atoms in total. The van der Waals surface area contributed by atoms with E-state index in [1.165, 1.54) is 12.5 Å². The number of nitrogens with two attached hydrogens (primary N) is 1. The van der Waals surface area contributed by atoms with Crippen LogP contribution in [-0.2, 0) is 11.3 Å². The Balaban J connectivity index is 2.24. The molecular formula is C11H18N4O3. The fraction of sp³-hybridized carbons (Fsp3) is 0.545. The number of imidazole rings is 1. The second-order valence-corrected chi connectivity index (χ2v) is 4.17. The molecule has 100 valence electrons. The summed E-state index contributed by atoms with van der Waals surface area (Å²) in [6.07, 6.45) is 3.91. The lowest BCUT2D eigenvalue weighted by Crippen LogP contribution is -2.28. The zero-order valence-electron chi connectivity index (χ0n) is 10.3. The number of carboxylic acids is 1. The lowest BCUT2D eigenvalue weighted by molar-refractivity contribution is -0.121. The third-order valence-electron chi connectivity index (χ3n) is 2.37. The molecule has 0 saturated carbocycles. The number of aromatic nitrogens is 2. The van der Waals surface area contributed by atoms with Crippen molar-refractivity contribution in [3.8, 4) is 0 Å². The molecule has 1 aromatic rings. The highest BCUT2D eigenvalue weighted by Crippen LogP contribution is 1.96. The van der Waals surface area contributed by atoms with E-state index in [0.717, 1.165) is 0 Å². The first kappa shape index (κ1) is 14.2. The minimum atomic E-state index is -1.06. The van der Waals surface area contributed by atoms with Crippen molar-refractivity contribution in [2.75, 3.05) is 6.54 Å². The van der Waals surface area contributed by atoms with E-state index in [0.29, 0.717) is 25.9 Å². The van der Waals surface area contributed by atoms with Crippen molar-refractivity contribution in [1.82, 2.24) is 14.9 Å². The summed E-state index contributed by atoms with van der Waals surface area (Å²) < 4.78 is 1.62. The molecular weight excluding hydrogens is 236 g/mol. The first-order valence-electron chi connectivity index (χ1n) is 5.76. The van der Waals surface area contributed by atoms with E-state index in [9.17, 15) is 9.59 Å². The van der Waals surface area contributed by atoms with Crippen LogP contribution in [0.1, 0.15) is 30.3 Å². The number of hydrogen-bond donors (Lipinski definition) is 3. The zero-order chi connectivity index (χ0) is 13.5. The summed E-state index contributed by atoms with van der Waals surface area (Å²) in [7, 11) is 0. The number of amides is 1. The third kappa shape index (κ3) is 4.96. The number of carboxylic acid groups (broad SMARTS) is 1. The first-order chi connectivity index (χ1) is 8.49. The van der Waals surface area contributed by atoms with Crippen LogP contribution in [0.3, 0.4) is 0 Å². The minimum absolute atomic E-state index is 0.00159. The molecule has 1 rings (SSSR count). The smallest absolute Gasteiger partial charge is 0.356 e. The van der Waals surface area contributed by atoms with Crippen LogP contribution in [0, 0.1) is 0 Å². The monoisotopic (exact) mass is 254 g/mol. The summed E-state index contributed by atoms with van der Waals surface area (Å²) >= 11 is 0. The van der Waals surface area contributed by atoms with E-state index >= 15 is 0 Å². The van der Waals surface area contributed by atoms with E-state index in [1.54, 1.807) is 4.57 Å². The van der Waals surface area contributed by atoms with E-state index in [4.69, 9.17) is 10.8 Å². The molecule has 0 bridgehead atoms. The molecule has 1 heterocycles. The number of nitrogens with zero attached hydrogens (tertiary/aromatic N) is 2. The quantitative estimate of drug-likeness (QED) is 0.625. The average Bonchev–Trinajstić information content (AvgIpc) is 2.75. The topological polar surface area (TPSA) is 110 Å². The van der Waals surface area contributed by atoms with Gasteiger partial charge in [0.1, 0.15) is 0 Å². The van der Waals surface area contributed by atoms with Crippen molar-refractivity contribution in [3.05, 3.63) is 18.2 Å². The van der Waals surface area contributed by atoms with Gasteiger partial charge in [-0.3, -0.25) is 4.79 Å². The number of carbonyl (C=O) groups excluding carboxylic acids is 1.